The van der Waals surface area contributed by atoms with E-state index < -0.39 is 0 Å². The Bertz CT molecular complexity index is 3210. The SMILES string of the molecule is C=CC=C(C=C)N(c1ccccc1)c1ccc2c(c1)Oc1ccc3c(c1C2=C)C(=C)Oc1cc(N(C=CC=Cc2ccccc2)c2cc4ccccc4c4ccccc24)ccc1-3. The molecule has 4 nitrogen and oxygen atoms in total. The van der Waals surface area contributed by atoms with Crippen molar-refractivity contribution in [2.24, 2.45) is 0 Å². The summed E-state index contributed by atoms with van der Waals surface area (Å²) in [5.74, 6) is 2.67. The molecule has 8 aromatic rings. The van der Waals surface area contributed by atoms with E-state index in [1.807, 2.05) is 54.6 Å². The molecular formula is C58H42N2O2. The highest BCUT2D eigenvalue weighted by Crippen LogP contribution is 2.53. The van der Waals surface area contributed by atoms with Crippen LogP contribution in [-0.4, -0.2) is 0 Å². The molecule has 8 aromatic carbocycles. The number of benzene rings is 8. The Morgan fingerprint density at radius 3 is 1.97 bits per heavy atom. The number of rotatable bonds is 10. The van der Waals surface area contributed by atoms with Crippen molar-refractivity contribution in [1.82, 2.24) is 0 Å². The van der Waals surface area contributed by atoms with E-state index >= 15 is 0 Å². The third kappa shape index (κ3) is 6.70. The lowest BCUT2D eigenvalue weighted by atomic mass is 9.85. The maximum absolute atomic E-state index is 6.72. The maximum atomic E-state index is 6.72. The monoisotopic (exact) mass is 798 g/mol. The Kier molecular flexibility index (Phi) is 9.79. The van der Waals surface area contributed by atoms with Gasteiger partial charge in [-0.2, -0.15) is 0 Å². The zero-order valence-corrected chi connectivity index (χ0v) is 34.2. The molecule has 0 radical (unpaired) electrons. The van der Waals surface area contributed by atoms with Gasteiger partial charge in [-0.3, -0.25) is 0 Å². The minimum atomic E-state index is 0.538. The van der Waals surface area contributed by atoms with Crippen LogP contribution in [-0.2, 0) is 0 Å². The first-order valence-electron chi connectivity index (χ1n) is 20.6. The van der Waals surface area contributed by atoms with Gasteiger partial charge in [0.2, 0.25) is 0 Å². The summed E-state index contributed by atoms with van der Waals surface area (Å²) in [7, 11) is 0. The Balaban J connectivity index is 1.04. The summed E-state index contributed by atoms with van der Waals surface area (Å²) in [6.07, 6.45) is 13.9. The average Bonchev–Trinajstić information content (AvgIpc) is 3.31. The van der Waals surface area contributed by atoms with Gasteiger partial charge in [-0.1, -0.05) is 142 Å². The molecule has 0 saturated heterocycles. The van der Waals surface area contributed by atoms with Crippen molar-refractivity contribution in [1.29, 1.82) is 0 Å². The van der Waals surface area contributed by atoms with E-state index in [2.05, 4.69) is 182 Å². The summed E-state index contributed by atoms with van der Waals surface area (Å²) in [6.45, 7) is 17.1. The van der Waals surface area contributed by atoms with Crippen LogP contribution in [0.4, 0.5) is 22.7 Å². The van der Waals surface area contributed by atoms with Crippen LogP contribution in [0.25, 0.3) is 50.1 Å². The molecule has 0 unspecified atom stereocenters. The molecule has 0 bridgehead atoms. The molecule has 0 atom stereocenters. The second-order valence-corrected chi connectivity index (χ2v) is 15.2. The standard InChI is InChI=1S/C58H42N2O2/c1-5-19-43(6-2)60(44-24-11-8-12-25-44)46-30-31-47-39(3)57-54(62-55(47)38-46)34-33-52-51-32-29-45(37-56(51)61-40(4)58(52)57)59(35-18-17-22-41-20-9-7-10-21-41)53-36-42-23-13-14-26-48(42)49-27-15-16-28-50(49)53/h5-38H,1-4H2. The molecule has 296 valence electrons. The highest BCUT2D eigenvalue weighted by molar-refractivity contribution is 6.14. The molecule has 0 aromatic heterocycles. The van der Waals surface area contributed by atoms with Gasteiger partial charge in [0.1, 0.15) is 23.0 Å². The molecule has 2 heterocycles. The zero-order chi connectivity index (χ0) is 42.2. The minimum absolute atomic E-state index is 0.538. The third-order valence-corrected chi connectivity index (χ3v) is 11.5. The molecule has 0 amide bonds. The van der Waals surface area contributed by atoms with Crippen molar-refractivity contribution in [3.63, 3.8) is 0 Å². The summed E-state index contributed by atoms with van der Waals surface area (Å²) in [5, 5.41) is 4.73. The van der Waals surface area contributed by atoms with Crippen LogP contribution in [0.1, 0.15) is 22.3 Å². The smallest absolute Gasteiger partial charge is 0.137 e. The molecule has 0 aliphatic carbocycles. The van der Waals surface area contributed by atoms with Crippen molar-refractivity contribution in [2.75, 3.05) is 9.80 Å². The molecule has 4 heteroatoms. The maximum Gasteiger partial charge on any atom is 0.137 e. The highest BCUT2D eigenvalue weighted by Gasteiger charge is 2.32. The van der Waals surface area contributed by atoms with E-state index in [1.54, 1.807) is 6.08 Å². The van der Waals surface area contributed by atoms with Crippen LogP contribution < -0.4 is 19.3 Å². The van der Waals surface area contributed by atoms with Crippen LogP contribution in [0, 0.1) is 0 Å². The number of hydrogen-bond donors (Lipinski definition) is 0. The third-order valence-electron chi connectivity index (χ3n) is 11.5. The molecular weight excluding hydrogens is 757 g/mol. The van der Waals surface area contributed by atoms with Crippen LogP contribution >= 0.6 is 0 Å². The number of nitrogens with zero attached hydrogens (tertiary/aromatic N) is 2. The number of ether oxygens (including phenoxy) is 2. The van der Waals surface area contributed by atoms with E-state index in [1.165, 1.54) is 16.2 Å². The van der Waals surface area contributed by atoms with Crippen molar-refractivity contribution in [3.8, 4) is 28.4 Å². The van der Waals surface area contributed by atoms with Gasteiger partial charge in [0.05, 0.1) is 5.69 Å². The Morgan fingerprint density at radius 2 is 1.18 bits per heavy atom. The first-order chi connectivity index (χ1) is 30.5. The van der Waals surface area contributed by atoms with Crippen molar-refractivity contribution >= 4 is 61.7 Å². The molecule has 62 heavy (non-hydrogen) atoms. The number of hydrogen-bond acceptors (Lipinski definition) is 4. The predicted octanol–water partition coefficient (Wildman–Crippen LogP) is 15.9. The highest BCUT2D eigenvalue weighted by atomic mass is 16.5. The summed E-state index contributed by atoms with van der Waals surface area (Å²) < 4.78 is 13.4. The largest absolute Gasteiger partial charge is 0.457 e. The van der Waals surface area contributed by atoms with Gasteiger partial charge >= 0.3 is 0 Å². The minimum Gasteiger partial charge on any atom is -0.457 e. The fraction of sp³-hybridized carbons (Fsp3) is 0. The average molecular weight is 799 g/mol. The summed E-state index contributed by atoms with van der Waals surface area (Å²) in [4.78, 5) is 4.37. The predicted molar refractivity (Wildman–Crippen MR) is 261 cm³/mol. The summed E-state index contributed by atoms with van der Waals surface area (Å²) in [5.41, 5.74) is 11.4. The number of allylic oxidation sites excluding steroid dienone is 5. The lowest BCUT2D eigenvalue weighted by Gasteiger charge is -2.32. The van der Waals surface area contributed by atoms with Gasteiger partial charge in [-0.05, 0) is 106 Å². The molecule has 0 fully saturated rings. The lowest BCUT2D eigenvalue weighted by molar-refractivity contribution is 0.471. The second kappa shape index (κ2) is 16.0. The van der Waals surface area contributed by atoms with Gasteiger partial charge in [0, 0.05) is 68.7 Å². The van der Waals surface area contributed by atoms with Gasteiger partial charge in [-0.25, -0.2) is 0 Å². The van der Waals surface area contributed by atoms with Crippen LogP contribution in [0.3, 0.4) is 0 Å². The Morgan fingerprint density at radius 1 is 0.516 bits per heavy atom. The fourth-order valence-electron chi connectivity index (χ4n) is 8.66. The van der Waals surface area contributed by atoms with Crippen LogP contribution in [0.2, 0.25) is 0 Å². The Labute approximate surface area is 362 Å². The van der Waals surface area contributed by atoms with Crippen molar-refractivity contribution in [3.05, 3.63) is 255 Å². The van der Waals surface area contributed by atoms with Crippen molar-refractivity contribution in [2.45, 2.75) is 0 Å². The topological polar surface area (TPSA) is 24.9 Å². The molecule has 10 rings (SSSR count). The van der Waals surface area contributed by atoms with E-state index in [0.29, 0.717) is 17.3 Å². The van der Waals surface area contributed by atoms with E-state index in [-0.39, 0.29) is 0 Å². The molecule has 0 spiro atoms. The van der Waals surface area contributed by atoms with E-state index in [4.69, 9.17) is 9.47 Å². The van der Waals surface area contributed by atoms with Crippen LogP contribution in [0.15, 0.2) is 232 Å². The van der Waals surface area contributed by atoms with Crippen LogP contribution in [0.5, 0.6) is 17.2 Å². The summed E-state index contributed by atoms with van der Waals surface area (Å²) >= 11 is 0. The van der Waals surface area contributed by atoms with E-state index in [9.17, 15) is 0 Å². The van der Waals surface area contributed by atoms with E-state index in [0.717, 1.165) is 78.5 Å². The number of para-hydroxylation sites is 1. The normalized spacial score (nSPS) is 12.9. The quantitative estimate of drug-likeness (QED) is 0.102. The molecule has 2 aliphatic heterocycles. The molecule has 0 N–H and O–H groups in total. The Hall–Kier alpha value is -8.34. The van der Waals surface area contributed by atoms with Crippen molar-refractivity contribution < 1.29 is 9.47 Å². The summed E-state index contributed by atoms with van der Waals surface area (Å²) in [6, 6.07) is 56.7. The van der Waals surface area contributed by atoms with Gasteiger partial charge in [0.15, 0.2) is 0 Å². The van der Waals surface area contributed by atoms with Gasteiger partial charge in [-0.15, -0.1) is 0 Å². The molecule has 0 saturated carbocycles. The second-order valence-electron chi connectivity index (χ2n) is 15.2. The number of anilines is 4. The van der Waals surface area contributed by atoms with Gasteiger partial charge < -0.3 is 19.3 Å². The fourth-order valence-corrected chi connectivity index (χ4v) is 8.66. The first-order valence-corrected chi connectivity index (χ1v) is 20.6. The first kappa shape index (κ1) is 37.9. The zero-order valence-electron chi connectivity index (χ0n) is 34.2. The lowest BCUT2D eigenvalue weighted by Crippen LogP contribution is -2.16. The van der Waals surface area contributed by atoms with Gasteiger partial charge in [0.25, 0.3) is 0 Å². The number of fused-ring (bicyclic) bond motifs is 9. The molecule has 2 aliphatic rings.